The van der Waals surface area contributed by atoms with Crippen molar-refractivity contribution in [1.29, 1.82) is 5.26 Å². The first-order valence-corrected chi connectivity index (χ1v) is 6.21. The van der Waals surface area contributed by atoms with Gasteiger partial charge in [0.25, 0.3) is 0 Å². The Kier molecular flexibility index (Phi) is 3.79. The van der Waals surface area contributed by atoms with E-state index in [1.54, 1.807) is 0 Å². The molecule has 0 atom stereocenters. The minimum atomic E-state index is -0.892. The molecule has 5 heteroatoms. The Hall–Kier alpha value is -1.96. The largest absolute Gasteiger partial charge is 0.354 e. The fraction of sp³-hybridized carbons (Fsp3) is 0.429. The minimum absolute atomic E-state index is 0.260. The van der Waals surface area contributed by atoms with Crippen molar-refractivity contribution in [3.8, 4) is 6.07 Å². The van der Waals surface area contributed by atoms with Crippen molar-refractivity contribution in [3.05, 3.63) is 35.4 Å². The molecule has 0 spiro atoms. The van der Waals surface area contributed by atoms with E-state index >= 15 is 0 Å². The zero-order chi connectivity index (χ0) is 13.9. The lowest BCUT2D eigenvalue weighted by Crippen LogP contribution is -2.45. The number of hydrogen-bond donors (Lipinski definition) is 1. The molecule has 0 aliphatic heterocycles. The summed E-state index contributed by atoms with van der Waals surface area (Å²) in [5.41, 5.74) is -0.257. The van der Waals surface area contributed by atoms with Crippen LogP contribution in [0.1, 0.15) is 24.8 Å². The molecule has 0 bridgehead atoms. The fourth-order valence-electron chi connectivity index (χ4n) is 2.10. The maximum Gasteiger partial charge on any atom is 0.240 e. The van der Waals surface area contributed by atoms with Crippen molar-refractivity contribution in [2.45, 2.75) is 25.7 Å². The summed E-state index contributed by atoms with van der Waals surface area (Å²) in [6, 6.07) is 5.72. The molecule has 0 saturated heterocycles. The molecule has 2 rings (SSSR count). The van der Waals surface area contributed by atoms with Gasteiger partial charge in [-0.05, 0) is 43.4 Å². The lowest BCUT2D eigenvalue weighted by Gasteiger charge is -2.33. The van der Waals surface area contributed by atoms with Crippen LogP contribution in [0.5, 0.6) is 0 Å². The molecule has 0 radical (unpaired) electrons. The third kappa shape index (κ3) is 2.73. The molecule has 1 aromatic carbocycles. The Morgan fingerprint density at radius 3 is 2.63 bits per heavy atom. The number of carbonyl (C=O) groups excluding carboxylic acids is 1. The monoisotopic (exact) mass is 264 g/mol. The van der Waals surface area contributed by atoms with Gasteiger partial charge in [0.1, 0.15) is 5.41 Å². The summed E-state index contributed by atoms with van der Waals surface area (Å²) in [4.78, 5) is 11.8. The molecule has 1 saturated carbocycles. The highest BCUT2D eigenvalue weighted by Gasteiger charge is 2.44. The second-order valence-corrected chi connectivity index (χ2v) is 4.80. The van der Waals surface area contributed by atoms with Crippen LogP contribution in [0, 0.1) is 28.4 Å². The predicted octanol–water partition coefficient (Wildman–Crippen LogP) is 2.32. The Morgan fingerprint density at radius 2 is 2.11 bits per heavy atom. The van der Waals surface area contributed by atoms with Gasteiger partial charge in [-0.25, -0.2) is 8.78 Å². The third-order valence-corrected chi connectivity index (χ3v) is 3.54. The van der Waals surface area contributed by atoms with Gasteiger partial charge in [0.15, 0.2) is 11.6 Å². The molecule has 1 aliphatic rings. The molecule has 1 aromatic rings. The van der Waals surface area contributed by atoms with E-state index in [1.165, 1.54) is 6.07 Å². The lowest BCUT2D eigenvalue weighted by atomic mass is 9.69. The number of halogens is 2. The smallest absolute Gasteiger partial charge is 0.240 e. The van der Waals surface area contributed by atoms with E-state index in [-0.39, 0.29) is 5.91 Å². The first-order valence-electron chi connectivity index (χ1n) is 6.21. The summed E-state index contributed by atoms with van der Waals surface area (Å²) >= 11 is 0. The molecular formula is C14H14F2N2O. The van der Waals surface area contributed by atoms with E-state index in [0.717, 1.165) is 18.6 Å². The molecule has 1 amide bonds. The van der Waals surface area contributed by atoms with Gasteiger partial charge in [0.05, 0.1) is 6.07 Å². The molecule has 1 aliphatic carbocycles. The van der Waals surface area contributed by atoms with Crippen LogP contribution in [0.2, 0.25) is 0 Å². The standard InChI is InChI=1S/C14H14F2N2O/c15-11-3-2-10(8-12(11)16)4-7-18-13(19)14(9-17)5-1-6-14/h2-3,8H,1,4-7H2,(H,18,19). The molecular weight excluding hydrogens is 250 g/mol. The van der Waals surface area contributed by atoms with Crippen LogP contribution in [0.25, 0.3) is 0 Å². The highest BCUT2D eigenvalue weighted by Crippen LogP contribution is 2.40. The quantitative estimate of drug-likeness (QED) is 0.907. The van der Waals surface area contributed by atoms with E-state index in [2.05, 4.69) is 11.4 Å². The molecule has 0 unspecified atom stereocenters. The zero-order valence-electron chi connectivity index (χ0n) is 10.4. The van der Waals surface area contributed by atoms with E-state index in [9.17, 15) is 13.6 Å². The van der Waals surface area contributed by atoms with Gasteiger partial charge >= 0.3 is 0 Å². The summed E-state index contributed by atoms with van der Waals surface area (Å²) in [7, 11) is 0. The molecule has 100 valence electrons. The van der Waals surface area contributed by atoms with Crippen molar-refractivity contribution in [1.82, 2.24) is 5.32 Å². The molecule has 19 heavy (non-hydrogen) atoms. The summed E-state index contributed by atoms with van der Waals surface area (Å²) in [6.07, 6.45) is 2.50. The fourth-order valence-corrected chi connectivity index (χ4v) is 2.10. The van der Waals surface area contributed by atoms with Gasteiger partial charge in [-0.3, -0.25) is 4.79 Å². The highest BCUT2D eigenvalue weighted by atomic mass is 19.2. The Bertz CT molecular complexity index is 533. The number of hydrogen-bond acceptors (Lipinski definition) is 2. The van der Waals surface area contributed by atoms with Gasteiger partial charge in [0, 0.05) is 6.54 Å². The number of nitrogens with one attached hydrogen (secondary N) is 1. The number of nitriles is 1. The molecule has 0 aromatic heterocycles. The van der Waals surface area contributed by atoms with E-state index in [1.807, 2.05) is 0 Å². The summed E-state index contributed by atoms with van der Waals surface area (Å²) in [6.45, 7) is 0.313. The van der Waals surface area contributed by atoms with Gasteiger partial charge in [-0.1, -0.05) is 6.07 Å². The van der Waals surface area contributed by atoms with Crippen molar-refractivity contribution >= 4 is 5.91 Å². The average molecular weight is 264 g/mol. The van der Waals surface area contributed by atoms with Crippen LogP contribution in [-0.2, 0) is 11.2 Å². The summed E-state index contributed by atoms with van der Waals surface area (Å²) < 4.78 is 25.7. The van der Waals surface area contributed by atoms with Gasteiger partial charge in [-0.15, -0.1) is 0 Å². The topological polar surface area (TPSA) is 52.9 Å². The Labute approximate surface area is 110 Å². The van der Waals surface area contributed by atoms with E-state index in [0.29, 0.717) is 31.4 Å². The molecule has 0 heterocycles. The zero-order valence-corrected chi connectivity index (χ0v) is 10.4. The first-order chi connectivity index (χ1) is 9.07. The van der Waals surface area contributed by atoms with Crippen LogP contribution in [0.15, 0.2) is 18.2 Å². The number of amides is 1. The van der Waals surface area contributed by atoms with Crippen LogP contribution >= 0.6 is 0 Å². The predicted molar refractivity (Wildman–Crippen MR) is 65.0 cm³/mol. The lowest BCUT2D eigenvalue weighted by molar-refractivity contribution is -0.131. The van der Waals surface area contributed by atoms with E-state index in [4.69, 9.17) is 5.26 Å². The van der Waals surface area contributed by atoms with Crippen molar-refractivity contribution < 1.29 is 13.6 Å². The third-order valence-electron chi connectivity index (χ3n) is 3.54. The van der Waals surface area contributed by atoms with Gasteiger partial charge in [0.2, 0.25) is 5.91 Å². The highest BCUT2D eigenvalue weighted by molar-refractivity contribution is 5.86. The van der Waals surface area contributed by atoms with Gasteiger partial charge < -0.3 is 5.32 Å². The van der Waals surface area contributed by atoms with Crippen molar-refractivity contribution in [2.75, 3.05) is 6.54 Å². The second kappa shape index (κ2) is 5.35. The van der Waals surface area contributed by atoms with Crippen LogP contribution < -0.4 is 5.32 Å². The maximum atomic E-state index is 13.0. The second-order valence-electron chi connectivity index (χ2n) is 4.80. The molecule has 1 fully saturated rings. The Balaban J connectivity index is 1.85. The normalized spacial score (nSPS) is 16.3. The number of carbonyl (C=O) groups is 1. The number of rotatable bonds is 4. The minimum Gasteiger partial charge on any atom is -0.354 e. The van der Waals surface area contributed by atoms with Crippen molar-refractivity contribution in [2.24, 2.45) is 5.41 Å². The van der Waals surface area contributed by atoms with E-state index < -0.39 is 17.0 Å². The van der Waals surface area contributed by atoms with Crippen LogP contribution in [0.3, 0.4) is 0 Å². The van der Waals surface area contributed by atoms with Crippen LogP contribution in [0.4, 0.5) is 8.78 Å². The van der Waals surface area contributed by atoms with Gasteiger partial charge in [-0.2, -0.15) is 5.26 Å². The molecule has 3 nitrogen and oxygen atoms in total. The van der Waals surface area contributed by atoms with Crippen molar-refractivity contribution in [3.63, 3.8) is 0 Å². The summed E-state index contributed by atoms with van der Waals surface area (Å²) in [5, 5.41) is 11.7. The number of nitrogens with zero attached hydrogens (tertiary/aromatic N) is 1. The van der Waals surface area contributed by atoms with Crippen LogP contribution in [-0.4, -0.2) is 12.5 Å². The average Bonchev–Trinajstić information content (AvgIpc) is 2.33. The maximum absolute atomic E-state index is 13.0. The molecule has 1 N–H and O–H groups in total. The first kappa shape index (κ1) is 13.5. The number of benzene rings is 1. The summed E-state index contributed by atoms with van der Waals surface area (Å²) in [5.74, 6) is -2.04. The SMILES string of the molecule is N#CC1(C(=O)NCCc2ccc(F)c(F)c2)CCC1. The Morgan fingerprint density at radius 1 is 1.37 bits per heavy atom.